The Bertz CT molecular complexity index is 430. The van der Waals surface area contributed by atoms with Crippen LogP contribution in [0.2, 0.25) is 0 Å². The predicted octanol–water partition coefficient (Wildman–Crippen LogP) is 2.29. The van der Waals surface area contributed by atoms with Crippen LogP contribution in [0.15, 0.2) is 30.3 Å². The standard InChI is InChI=1S/C15H21N3O/c19-15(17-13-4-2-1-3-5-13)16-10-12-8-9-18(11-12)14-6-7-14/h1-5,12,14H,6-11H2,(H2,16,17,19)/t12-/m1/s1. The molecule has 0 bridgehead atoms. The second-order valence-corrected chi connectivity index (χ2v) is 5.58. The maximum absolute atomic E-state index is 11.8. The zero-order valence-electron chi connectivity index (χ0n) is 11.1. The zero-order valence-corrected chi connectivity index (χ0v) is 11.1. The van der Waals surface area contributed by atoms with E-state index in [1.807, 2.05) is 30.3 Å². The van der Waals surface area contributed by atoms with Crippen molar-refractivity contribution in [3.8, 4) is 0 Å². The van der Waals surface area contributed by atoms with Crippen LogP contribution in [0.25, 0.3) is 0 Å². The van der Waals surface area contributed by atoms with Crippen molar-refractivity contribution in [2.45, 2.75) is 25.3 Å². The second kappa shape index (κ2) is 5.61. The lowest BCUT2D eigenvalue weighted by Gasteiger charge is -2.15. The van der Waals surface area contributed by atoms with Crippen molar-refractivity contribution in [3.05, 3.63) is 30.3 Å². The van der Waals surface area contributed by atoms with Gasteiger partial charge in [0, 0.05) is 24.8 Å². The number of urea groups is 1. The Balaban J connectivity index is 1.39. The number of hydrogen-bond donors (Lipinski definition) is 2. The lowest BCUT2D eigenvalue weighted by atomic mass is 10.1. The number of anilines is 1. The van der Waals surface area contributed by atoms with Gasteiger partial charge in [-0.15, -0.1) is 0 Å². The van der Waals surface area contributed by atoms with Gasteiger partial charge in [0.25, 0.3) is 0 Å². The van der Waals surface area contributed by atoms with Gasteiger partial charge in [0.1, 0.15) is 0 Å². The Morgan fingerprint density at radius 2 is 2.00 bits per heavy atom. The molecule has 0 radical (unpaired) electrons. The van der Waals surface area contributed by atoms with Gasteiger partial charge < -0.3 is 15.5 Å². The van der Waals surface area contributed by atoms with Crippen molar-refractivity contribution < 1.29 is 4.79 Å². The number of para-hydroxylation sites is 1. The van der Waals surface area contributed by atoms with Crippen LogP contribution < -0.4 is 10.6 Å². The number of likely N-dealkylation sites (tertiary alicyclic amines) is 1. The summed E-state index contributed by atoms with van der Waals surface area (Å²) in [5.74, 6) is 0.613. The highest BCUT2D eigenvalue weighted by atomic mass is 16.2. The molecule has 2 N–H and O–H groups in total. The summed E-state index contributed by atoms with van der Waals surface area (Å²) in [5, 5.41) is 5.82. The van der Waals surface area contributed by atoms with Gasteiger partial charge in [0.2, 0.25) is 0 Å². The van der Waals surface area contributed by atoms with Crippen LogP contribution in [-0.4, -0.2) is 36.6 Å². The monoisotopic (exact) mass is 259 g/mol. The molecule has 1 aromatic rings. The lowest BCUT2D eigenvalue weighted by Crippen LogP contribution is -2.34. The van der Waals surface area contributed by atoms with E-state index in [-0.39, 0.29) is 6.03 Å². The first kappa shape index (κ1) is 12.5. The highest BCUT2D eigenvalue weighted by Crippen LogP contribution is 2.31. The first-order valence-corrected chi connectivity index (χ1v) is 7.15. The predicted molar refractivity (Wildman–Crippen MR) is 76.2 cm³/mol. The molecule has 4 nitrogen and oxygen atoms in total. The summed E-state index contributed by atoms with van der Waals surface area (Å²) >= 11 is 0. The lowest BCUT2D eigenvalue weighted by molar-refractivity contribution is 0.249. The van der Waals surface area contributed by atoms with Crippen LogP contribution in [0.5, 0.6) is 0 Å². The molecule has 1 aliphatic carbocycles. The number of amides is 2. The van der Waals surface area contributed by atoms with E-state index < -0.39 is 0 Å². The normalized spacial score (nSPS) is 23.3. The average molecular weight is 259 g/mol. The fourth-order valence-corrected chi connectivity index (χ4v) is 2.73. The highest BCUT2D eigenvalue weighted by Gasteiger charge is 2.34. The molecule has 1 aromatic carbocycles. The molecular weight excluding hydrogens is 238 g/mol. The summed E-state index contributed by atoms with van der Waals surface area (Å²) in [6, 6.07) is 10.3. The van der Waals surface area contributed by atoms with Crippen molar-refractivity contribution in [2.75, 3.05) is 25.0 Å². The molecule has 2 amide bonds. The molecule has 2 aliphatic rings. The van der Waals surface area contributed by atoms with E-state index in [4.69, 9.17) is 0 Å². The Morgan fingerprint density at radius 1 is 1.21 bits per heavy atom. The number of carbonyl (C=O) groups excluding carboxylic acids is 1. The molecule has 0 aromatic heterocycles. The van der Waals surface area contributed by atoms with E-state index in [0.717, 1.165) is 24.8 Å². The molecule has 19 heavy (non-hydrogen) atoms. The minimum atomic E-state index is -0.101. The van der Waals surface area contributed by atoms with Crippen LogP contribution in [0.3, 0.4) is 0 Å². The average Bonchev–Trinajstić information content (AvgIpc) is 3.17. The summed E-state index contributed by atoms with van der Waals surface area (Å²) < 4.78 is 0. The summed E-state index contributed by atoms with van der Waals surface area (Å²) in [5.41, 5.74) is 0.839. The van der Waals surface area contributed by atoms with Crippen molar-refractivity contribution >= 4 is 11.7 Å². The van der Waals surface area contributed by atoms with Gasteiger partial charge in [0.15, 0.2) is 0 Å². The molecule has 1 saturated heterocycles. The molecule has 1 aliphatic heterocycles. The summed E-state index contributed by atoms with van der Waals surface area (Å²) in [6.07, 6.45) is 3.95. The van der Waals surface area contributed by atoms with E-state index in [2.05, 4.69) is 15.5 Å². The van der Waals surface area contributed by atoms with Crippen LogP contribution in [0, 0.1) is 5.92 Å². The Kier molecular flexibility index (Phi) is 3.69. The van der Waals surface area contributed by atoms with E-state index in [9.17, 15) is 4.79 Å². The van der Waals surface area contributed by atoms with Gasteiger partial charge in [-0.2, -0.15) is 0 Å². The maximum atomic E-state index is 11.8. The van der Waals surface area contributed by atoms with Crippen LogP contribution in [-0.2, 0) is 0 Å². The van der Waals surface area contributed by atoms with Crippen molar-refractivity contribution in [1.82, 2.24) is 10.2 Å². The van der Waals surface area contributed by atoms with Crippen molar-refractivity contribution in [1.29, 1.82) is 0 Å². The minimum absolute atomic E-state index is 0.101. The number of benzene rings is 1. The van der Waals surface area contributed by atoms with E-state index >= 15 is 0 Å². The van der Waals surface area contributed by atoms with E-state index in [0.29, 0.717) is 5.92 Å². The summed E-state index contributed by atoms with van der Waals surface area (Å²) in [6.45, 7) is 3.13. The minimum Gasteiger partial charge on any atom is -0.338 e. The molecular formula is C15H21N3O. The van der Waals surface area contributed by atoms with Gasteiger partial charge in [0.05, 0.1) is 0 Å². The number of nitrogens with zero attached hydrogens (tertiary/aromatic N) is 1. The molecule has 1 heterocycles. The van der Waals surface area contributed by atoms with Gasteiger partial charge in [-0.05, 0) is 43.9 Å². The SMILES string of the molecule is O=C(NC[C@H]1CCN(C2CC2)C1)Nc1ccccc1. The van der Waals surface area contributed by atoms with Crippen LogP contribution in [0.4, 0.5) is 10.5 Å². The topological polar surface area (TPSA) is 44.4 Å². The van der Waals surface area contributed by atoms with Gasteiger partial charge in [-0.1, -0.05) is 18.2 Å². The summed E-state index contributed by atoms with van der Waals surface area (Å²) in [4.78, 5) is 14.3. The molecule has 1 saturated carbocycles. The van der Waals surface area contributed by atoms with Gasteiger partial charge >= 0.3 is 6.03 Å². The van der Waals surface area contributed by atoms with E-state index in [1.165, 1.54) is 25.8 Å². The highest BCUT2D eigenvalue weighted by molar-refractivity contribution is 5.89. The molecule has 1 atom stereocenters. The molecule has 4 heteroatoms. The van der Waals surface area contributed by atoms with Crippen molar-refractivity contribution in [3.63, 3.8) is 0 Å². The van der Waals surface area contributed by atoms with Crippen LogP contribution in [0.1, 0.15) is 19.3 Å². The first-order valence-electron chi connectivity index (χ1n) is 7.15. The third-order valence-electron chi connectivity index (χ3n) is 3.96. The number of carbonyl (C=O) groups is 1. The first-order chi connectivity index (χ1) is 9.31. The van der Waals surface area contributed by atoms with Crippen molar-refractivity contribution in [2.24, 2.45) is 5.92 Å². The molecule has 3 rings (SSSR count). The number of nitrogens with one attached hydrogen (secondary N) is 2. The largest absolute Gasteiger partial charge is 0.338 e. The Hall–Kier alpha value is -1.55. The third kappa shape index (κ3) is 3.47. The second-order valence-electron chi connectivity index (χ2n) is 5.58. The van der Waals surface area contributed by atoms with Gasteiger partial charge in [-0.3, -0.25) is 0 Å². The van der Waals surface area contributed by atoms with E-state index in [1.54, 1.807) is 0 Å². The summed E-state index contributed by atoms with van der Waals surface area (Å²) in [7, 11) is 0. The quantitative estimate of drug-likeness (QED) is 0.871. The zero-order chi connectivity index (χ0) is 13.1. The van der Waals surface area contributed by atoms with Gasteiger partial charge in [-0.25, -0.2) is 4.79 Å². The Morgan fingerprint density at radius 3 is 2.74 bits per heavy atom. The number of rotatable bonds is 4. The molecule has 0 unspecified atom stereocenters. The Labute approximate surface area is 114 Å². The fourth-order valence-electron chi connectivity index (χ4n) is 2.73. The molecule has 0 spiro atoms. The molecule has 2 fully saturated rings. The third-order valence-corrected chi connectivity index (χ3v) is 3.96. The molecule has 102 valence electrons. The van der Waals surface area contributed by atoms with Crippen LogP contribution >= 0.6 is 0 Å². The fraction of sp³-hybridized carbons (Fsp3) is 0.533. The number of hydrogen-bond acceptors (Lipinski definition) is 2. The smallest absolute Gasteiger partial charge is 0.319 e. The maximum Gasteiger partial charge on any atom is 0.319 e.